The van der Waals surface area contributed by atoms with E-state index in [0.29, 0.717) is 22.0 Å². The molecule has 0 saturated carbocycles. The average Bonchev–Trinajstić information content (AvgIpc) is 2.19. The highest BCUT2D eigenvalue weighted by atomic mass is 35.5. The summed E-state index contributed by atoms with van der Waals surface area (Å²) in [6.07, 6.45) is 0. The van der Waals surface area contributed by atoms with Crippen LogP contribution in [0, 0.1) is 0 Å². The molecule has 0 spiro atoms. The number of nitrogens with one attached hydrogen (secondary N) is 1. The molecule has 0 bridgehead atoms. The molecule has 4 nitrogen and oxygen atoms in total. The van der Waals surface area contributed by atoms with Crippen LogP contribution >= 0.6 is 11.6 Å². The van der Waals surface area contributed by atoms with Crippen molar-refractivity contribution >= 4 is 29.0 Å². The largest absolute Gasteiger partial charge is 0.475 e. The van der Waals surface area contributed by atoms with E-state index in [4.69, 9.17) is 16.3 Å². The van der Waals surface area contributed by atoms with Gasteiger partial charge < -0.3 is 10.1 Å². The molecule has 1 aromatic rings. The van der Waals surface area contributed by atoms with Crippen LogP contribution in [-0.2, 0) is 4.79 Å². The first-order chi connectivity index (χ1) is 7.81. The van der Waals surface area contributed by atoms with Gasteiger partial charge in [0.25, 0.3) is 5.91 Å². The molecule has 5 heteroatoms. The van der Waals surface area contributed by atoms with E-state index < -0.39 is 5.60 Å². The van der Waals surface area contributed by atoms with Gasteiger partial charge >= 0.3 is 0 Å². The van der Waals surface area contributed by atoms with Crippen molar-refractivity contribution in [2.45, 2.75) is 26.4 Å². The third-order valence-corrected chi connectivity index (χ3v) is 2.80. The second-order valence-electron chi connectivity index (χ2n) is 4.45. The van der Waals surface area contributed by atoms with Crippen molar-refractivity contribution in [3.8, 4) is 5.75 Å². The molecule has 1 amide bonds. The minimum atomic E-state index is -0.995. The lowest BCUT2D eigenvalue weighted by Gasteiger charge is -2.32. The minimum Gasteiger partial charge on any atom is -0.475 e. The Morgan fingerprint density at radius 2 is 2.06 bits per heavy atom. The lowest BCUT2D eigenvalue weighted by molar-refractivity contribution is -0.129. The number of halogens is 1. The molecule has 90 valence electrons. The molecule has 0 aliphatic carbocycles. The molecule has 1 aromatic carbocycles. The van der Waals surface area contributed by atoms with Gasteiger partial charge in [-0.1, -0.05) is 11.6 Å². The van der Waals surface area contributed by atoms with Crippen molar-refractivity contribution < 1.29 is 14.3 Å². The predicted octanol–water partition coefficient (Wildman–Crippen LogP) is 2.65. The number of fused-ring (bicyclic) bond motifs is 1. The third-order valence-electron chi connectivity index (χ3n) is 2.59. The van der Waals surface area contributed by atoms with Gasteiger partial charge in [0.15, 0.2) is 17.1 Å². The fourth-order valence-electron chi connectivity index (χ4n) is 1.63. The summed E-state index contributed by atoms with van der Waals surface area (Å²) in [4.78, 5) is 23.2. The van der Waals surface area contributed by atoms with Crippen LogP contribution in [0.25, 0.3) is 0 Å². The van der Waals surface area contributed by atoms with E-state index >= 15 is 0 Å². The van der Waals surface area contributed by atoms with Crippen LogP contribution in [0.15, 0.2) is 12.1 Å². The number of hydrogen-bond acceptors (Lipinski definition) is 3. The van der Waals surface area contributed by atoms with E-state index in [1.807, 2.05) is 0 Å². The monoisotopic (exact) mass is 253 g/mol. The van der Waals surface area contributed by atoms with Crippen LogP contribution in [0.1, 0.15) is 31.1 Å². The topological polar surface area (TPSA) is 55.4 Å². The third kappa shape index (κ3) is 2.00. The van der Waals surface area contributed by atoms with E-state index in [2.05, 4.69) is 5.32 Å². The zero-order chi connectivity index (χ0) is 12.8. The number of anilines is 1. The van der Waals surface area contributed by atoms with Crippen LogP contribution < -0.4 is 10.1 Å². The van der Waals surface area contributed by atoms with Crippen LogP contribution in [-0.4, -0.2) is 17.3 Å². The van der Waals surface area contributed by atoms with Crippen molar-refractivity contribution in [1.29, 1.82) is 0 Å². The number of carbonyl (C=O) groups is 2. The molecule has 0 saturated heterocycles. The molecule has 0 atom stereocenters. The lowest BCUT2D eigenvalue weighted by atomic mass is 10.0. The number of ketones is 1. The zero-order valence-corrected chi connectivity index (χ0v) is 10.5. The summed E-state index contributed by atoms with van der Waals surface area (Å²) in [5.74, 6) is -0.0380. The first-order valence-corrected chi connectivity index (χ1v) is 5.54. The summed E-state index contributed by atoms with van der Waals surface area (Å²) in [6.45, 7) is 4.71. The van der Waals surface area contributed by atoms with Crippen molar-refractivity contribution in [1.82, 2.24) is 0 Å². The summed E-state index contributed by atoms with van der Waals surface area (Å²) < 4.78 is 5.59. The summed E-state index contributed by atoms with van der Waals surface area (Å²) >= 11 is 5.89. The molecule has 2 rings (SSSR count). The van der Waals surface area contributed by atoms with Crippen molar-refractivity contribution in [3.05, 3.63) is 22.7 Å². The van der Waals surface area contributed by atoms with Gasteiger partial charge in [-0.2, -0.15) is 0 Å². The van der Waals surface area contributed by atoms with Crippen LogP contribution in [0.2, 0.25) is 5.02 Å². The lowest BCUT2D eigenvalue weighted by Crippen LogP contribution is -2.46. The molecule has 1 heterocycles. The molecule has 0 aromatic heterocycles. The Hall–Kier alpha value is -1.55. The average molecular weight is 254 g/mol. The first kappa shape index (κ1) is 11.9. The molecule has 0 radical (unpaired) electrons. The number of ether oxygens (including phenoxy) is 1. The maximum absolute atomic E-state index is 11.7. The Morgan fingerprint density at radius 1 is 1.41 bits per heavy atom. The smallest absolute Gasteiger partial charge is 0.268 e. The van der Waals surface area contributed by atoms with Gasteiger partial charge in [0.2, 0.25) is 0 Å². The number of rotatable bonds is 1. The molecule has 1 aliphatic heterocycles. The van der Waals surface area contributed by atoms with Gasteiger partial charge in [0, 0.05) is 5.02 Å². The molecule has 0 fully saturated rings. The molecular weight excluding hydrogens is 242 g/mol. The second kappa shape index (κ2) is 3.74. The highest BCUT2D eigenvalue weighted by Gasteiger charge is 2.37. The molecule has 17 heavy (non-hydrogen) atoms. The van der Waals surface area contributed by atoms with Gasteiger partial charge in [0.05, 0.1) is 11.3 Å². The maximum Gasteiger partial charge on any atom is 0.268 e. The normalized spacial score (nSPS) is 16.8. The summed E-state index contributed by atoms with van der Waals surface area (Å²) in [5.41, 5.74) is -0.182. The SMILES string of the molecule is CC(=O)c1cc(Cl)cc2c1OC(C)(C)C(=O)N2. The Morgan fingerprint density at radius 3 is 2.65 bits per heavy atom. The number of amides is 1. The van der Waals surface area contributed by atoms with Gasteiger partial charge in [0.1, 0.15) is 0 Å². The summed E-state index contributed by atoms with van der Waals surface area (Å²) in [5, 5.41) is 3.07. The highest BCUT2D eigenvalue weighted by Crippen LogP contribution is 2.39. The van der Waals surface area contributed by atoms with Crippen molar-refractivity contribution in [2.75, 3.05) is 5.32 Å². The Bertz CT molecular complexity index is 523. The zero-order valence-electron chi connectivity index (χ0n) is 9.76. The van der Waals surface area contributed by atoms with E-state index in [0.717, 1.165) is 0 Å². The number of Topliss-reactive ketones (excluding diaryl/α,β-unsaturated/α-hetero) is 1. The fourth-order valence-corrected chi connectivity index (χ4v) is 1.85. The highest BCUT2D eigenvalue weighted by molar-refractivity contribution is 6.31. The maximum atomic E-state index is 11.7. The quantitative estimate of drug-likeness (QED) is 0.783. The minimum absolute atomic E-state index is 0.157. The van der Waals surface area contributed by atoms with Crippen molar-refractivity contribution in [3.63, 3.8) is 0 Å². The fraction of sp³-hybridized carbons (Fsp3) is 0.333. The first-order valence-electron chi connectivity index (χ1n) is 5.16. The van der Waals surface area contributed by atoms with Crippen LogP contribution in [0.4, 0.5) is 5.69 Å². The number of carbonyl (C=O) groups excluding carboxylic acids is 2. The van der Waals surface area contributed by atoms with Gasteiger partial charge in [-0.15, -0.1) is 0 Å². The predicted molar refractivity (Wildman–Crippen MR) is 64.8 cm³/mol. The standard InChI is InChI=1S/C12H12ClNO3/c1-6(15)8-4-7(13)5-9-10(8)17-12(2,3)11(16)14-9/h4-5H,1-3H3,(H,14,16). The second-order valence-corrected chi connectivity index (χ2v) is 4.89. The summed E-state index contributed by atoms with van der Waals surface area (Å²) in [6, 6.07) is 3.10. The van der Waals surface area contributed by atoms with Gasteiger partial charge in [-0.3, -0.25) is 9.59 Å². The van der Waals surface area contributed by atoms with Gasteiger partial charge in [-0.05, 0) is 32.9 Å². The van der Waals surface area contributed by atoms with E-state index in [1.165, 1.54) is 13.0 Å². The van der Waals surface area contributed by atoms with E-state index in [9.17, 15) is 9.59 Å². The Kier molecular flexibility index (Phi) is 2.62. The van der Waals surface area contributed by atoms with Gasteiger partial charge in [-0.25, -0.2) is 0 Å². The van der Waals surface area contributed by atoms with Crippen molar-refractivity contribution in [2.24, 2.45) is 0 Å². The number of hydrogen-bond donors (Lipinski definition) is 1. The summed E-state index contributed by atoms with van der Waals surface area (Å²) in [7, 11) is 0. The molecule has 0 unspecified atom stereocenters. The van der Waals surface area contributed by atoms with E-state index in [1.54, 1.807) is 19.9 Å². The molecule has 1 N–H and O–H groups in total. The van der Waals surface area contributed by atoms with Crippen LogP contribution in [0.5, 0.6) is 5.75 Å². The Balaban J connectivity index is 2.62. The molecular formula is C12H12ClNO3. The number of benzene rings is 1. The molecule has 1 aliphatic rings. The Labute approximate surface area is 104 Å². The van der Waals surface area contributed by atoms with Crippen LogP contribution in [0.3, 0.4) is 0 Å². The van der Waals surface area contributed by atoms with E-state index in [-0.39, 0.29) is 11.7 Å².